The van der Waals surface area contributed by atoms with Crippen LogP contribution in [0.2, 0.25) is 0 Å². The zero-order valence-corrected chi connectivity index (χ0v) is 11.5. The Balaban J connectivity index is 2.51. The maximum Gasteiger partial charge on any atom is 0.243 e. The van der Waals surface area contributed by atoms with Crippen LogP contribution in [0.15, 0.2) is 17.3 Å². The lowest BCUT2D eigenvalue weighted by Gasteiger charge is -2.09. The van der Waals surface area contributed by atoms with E-state index < -0.39 is 10.0 Å². The Labute approximate surface area is 107 Å². The zero-order valence-electron chi connectivity index (χ0n) is 10.7. The van der Waals surface area contributed by atoms with Gasteiger partial charge in [0.25, 0.3) is 0 Å². The average molecular weight is 276 g/mol. The maximum absolute atomic E-state index is 11.9. The molecule has 0 unspecified atom stereocenters. The van der Waals surface area contributed by atoms with Crippen molar-refractivity contribution in [2.24, 2.45) is 0 Å². The Morgan fingerprint density at radius 3 is 2.83 bits per heavy atom. The summed E-state index contributed by atoms with van der Waals surface area (Å²) < 4.78 is 27.6. The van der Waals surface area contributed by atoms with Crippen LogP contribution in [-0.2, 0) is 16.6 Å². The van der Waals surface area contributed by atoms with Gasteiger partial charge in [0.1, 0.15) is 4.90 Å². The van der Waals surface area contributed by atoms with Gasteiger partial charge in [-0.05, 0) is 27.1 Å². The first-order chi connectivity index (χ1) is 8.45. The van der Waals surface area contributed by atoms with E-state index >= 15 is 0 Å². The van der Waals surface area contributed by atoms with Gasteiger partial charge in [0.15, 0.2) is 0 Å². The zero-order chi connectivity index (χ0) is 13.6. The predicted molar refractivity (Wildman–Crippen MR) is 67.7 cm³/mol. The van der Waals surface area contributed by atoms with E-state index in [4.69, 9.17) is 5.11 Å². The van der Waals surface area contributed by atoms with Gasteiger partial charge in [-0.1, -0.05) is 0 Å². The first kappa shape index (κ1) is 15.1. The van der Waals surface area contributed by atoms with Crippen molar-refractivity contribution in [3.8, 4) is 0 Å². The van der Waals surface area contributed by atoms with E-state index in [0.717, 1.165) is 13.0 Å². The fourth-order valence-electron chi connectivity index (χ4n) is 1.39. The Morgan fingerprint density at radius 2 is 2.22 bits per heavy atom. The topological polar surface area (TPSA) is 87.5 Å². The standard InChI is InChI=1S/C10H20N4O3S/c1-13(2)5-3-4-12-18(16,17)10-8-11-14(9-10)6-7-15/h8-9,12,15H,3-7H2,1-2H3. The fraction of sp³-hybridized carbons (Fsp3) is 0.700. The summed E-state index contributed by atoms with van der Waals surface area (Å²) in [6.45, 7) is 1.44. The maximum atomic E-state index is 11.9. The van der Waals surface area contributed by atoms with E-state index in [-0.39, 0.29) is 18.0 Å². The highest BCUT2D eigenvalue weighted by Gasteiger charge is 2.15. The molecule has 1 heterocycles. The number of aromatic nitrogens is 2. The molecule has 18 heavy (non-hydrogen) atoms. The van der Waals surface area contributed by atoms with Crippen molar-refractivity contribution >= 4 is 10.0 Å². The molecule has 0 atom stereocenters. The van der Waals surface area contributed by atoms with E-state index in [2.05, 4.69) is 9.82 Å². The number of sulfonamides is 1. The third kappa shape index (κ3) is 4.73. The number of rotatable bonds is 8. The molecule has 0 aromatic carbocycles. The third-order valence-electron chi connectivity index (χ3n) is 2.32. The molecule has 1 aromatic heterocycles. The molecule has 0 bridgehead atoms. The SMILES string of the molecule is CN(C)CCCNS(=O)(=O)c1cnn(CCO)c1. The van der Waals surface area contributed by atoms with E-state index in [1.165, 1.54) is 17.1 Å². The van der Waals surface area contributed by atoms with E-state index in [9.17, 15) is 8.42 Å². The molecule has 0 amide bonds. The number of nitrogens with zero attached hydrogens (tertiary/aromatic N) is 3. The van der Waals surface area contributed by atoms with Crippen LogP contribution in [0.4, 0.5) is 0 Å². The third-order valence-corrected chi connectivity index (χ3v) is 3.74. The van der Waals surface area contributed by atoms with Gasteiger partial charge in [0.05, 0.1) is 19.3 Å². The number of nitrogens with one attached hydrogen (secondary N) is 1. The Kier molecular flexibility index (Phi) is 5.73. The number of hydrogen-bond donors (Lipinski definition) is 2. The normalized spacial score (nSPS) is 12.2. The summed E-state index contributed by atoms with van der Waals surface area (Å²) in [5.41, 5.74) is 0. The van der Waals surface area contributed by atoms with Crippen molar-refractivity contribution in [2.75, 3.05) is 33.8 Å². The highest BCUT2D eigenvalue weighted by atomic mass is 32.2. The first-order valence-electron chi connectivity index (χ1n) is 5.73. The molecule has 2 N–H and O–H groups in total. The minimum atomic E-state index is -3.49. The highest BCUT2D eigenvalue weighted by Crippen LogP contribution is 2.06. The molecular weight excluding hydrogens is 256 g/mol. The largest absolute Gasteiger partial charge is 0.394 e. The van der Waals surface area contributed by atoms with Gasteiger partial charge >= 0.3 is 0 Å². The van der Waals surface area contributed by atoms with Crippen LogP contribution < -0.4 is 4.72 Å². The quantitative estimate of drug-likeness (QED) is 0.601. The van der Waals surface area contributed by atoms with Gasteiger partial charge in [0, 0.05) is 12.7 Å². The summed E-state index contributed by atoms with van der Waals surface area (Å²) in [6, 6.07) is 0. The molecular formula is C10H20N4O3S. The smallest absolute Gasteiger partial charge is 0.243 e. The van der Waals surface area contributed by atoms with Gasteiger partial charge in [-0.2, -0.15) is 5.10 Å². The van der Waals surface area contributed by atoms with Crippen LogP contribution >= 0.6 is 0 Å². The first-order valence-corrected chi connectivity index (χ1v) is 7.22. The molecule has 0 aliphatic heterocycles. The molecule has 104 valence electrons. The van der Waals surface area contributed by atoms with E-state index in [1.54, 1.807) is 0 Å². The van der Waals surface area contributed by atoms with Crippen molar-refractivity contribution in [1.29, 1.82) is 0 Å². The van der Waals surface area contributed by atoms with Crippen molar-refractivity contribution in [1.82, 2.24) is 19.4 Å². The van der Waals surface area contributed by atoms with Crippen LogP contribution in [0.1, 0.15) is 6.42 Å². The minimum absolute atomic E-state index is 0.0720. The molecule has 8 heteroatoms. The number of aliphatic hydroxyl groups is 1. The average Bonchev–Trinajstić information content (AvgIpc) is 2.74. The van der Waals surface area contributed by atoms with E-state index in [1.807, 2.05) is 19.0 Å². The molecule has 0 spiro atoms. The molecule has 1 aromatic rings. The highest BCUT2D eigenvalue weighted by molar-refractivity contribution is 7.89. The minimum Gasteiger partial charge on any atom is -0.394 e. The Hall–Kier alpha value is -0.960. The second kappa shape index (κ2) is 6.83. The van der Waals surface area contributed by atoms with Crippen LogP contribution in [0, 0.1) is 0 Å². The second-order valence-corrected chi connectivity index (χ2v) is 5.98. The second-order valence-electron chi connectivity index (χ2n) is 4.22. The fourth-order valence-corrected chi connectivity index (χ4v) is 2.42. The van der Waals surface area contributed by atoms with Gasteiger partial charge in [-0.25, -0.2) is 13.1 Å². The van der Waals surface area contributed by atoms with Crippen LogP contribution in [0.5, 0.6) is 0 Å². The van der Waals surface area contributed by atoms with Crippen LogP contribution in [0.25, 0.3) is 0 Å². The number of hydrogen-bond acceptors (Lipinski definition) is 5. The monoisotopic (exact) mass is 276 g/mol. The Morgan fingerprint density at radius 1 is 1.50 bits per heavy atom. The van der Waals surface area contributed by atoms with Crippen LogP contribution in [-0.4, -0.2) is 62.0 Å². The van der Waals surface area contributed by atoms with Crippen molar-refractivity contribution in [3.63, 3.8) is 0 Å². The summed E-state index contributed by atoms with van der Waals surface area (Å²) >= 11 is 0. The van der Waals surface area contributed by atoms with Crippen molar-refractivity contribution in [3.05, 3.63) is 12.4 Å². The van der Waals surface area contributed by atoms with Gasteiger partial charge in [0.2, 0.25) is 10.0 Å². The number of aliphatic hydroxyl groups excluding tert-OH is 1. The van der Waals surface area contributed by atoms with Crippen molar-refractivity contribution < 1.29 is 13.5 Å². The lowest BCUT2D eigenvalue weighted by atomic mass is 10.4. The summed E-state index contributed by atoms with van der Waals surface area (Å²) in [5, 5.41) is 12.6. The molecule has 0 radical (unpaired) electrons. The van der Waals surface area contributed by atoms with E-state index in [0.29, 0.717) is 6.54 Å². The van der Waals surface area contributed by atoms with Gasteiger partial charge < -0.3 is 10.0 Å². The molecule has 0 saturated carbocycles. The van der Waals surface area contributed by atoms with Crippen molar-refractivity contribution in [2.45, 2.75) is 17.9 Å². The van der Waals surface area contributed by atoms with Gasteiger partial charge in [-0.3, -0.25) is 4.68 Å². The molecule has 0 aliphatic rings. The summed E-state index contributed by atoms with van der Waals surface area (Å²) in [4.78, 5) is 2.12. The molecule has 7 nitrogen and oxygen atoms in total. The van der Waals surface area contributed by atoms with Gasteiger partial charge in [-0.15, -0.1) is 0 Å². The Bertz CT molecular complexity index is 455. The summed E-state index contributed by atoms with van der Waals surface area (Å²) in [7, 11) is 0.387. The summed E-state index contributed by atoms with van der Waals surface area (Å²) in [5.74, 6) is 0. The predicted octanol–water partition coefficient (Wildman–Crippen LogP) is -0.895. The lowest BCUT2D eigenvalue weighted by Crippen LogP contribution is -2.27. The lowest BCUT2D eigenvalue weighted by molar-refractivity contribution is 0.269. The molecule has 0 aliphatic carbocycles. The summed E-state index contributed by atoms with van der Waals surface area (Å²) in [6.07, 6.45) is 3.44. The molecule has 0 saturated heterocycles. The molecule has 0 fully saturated rings. The molecule has 1 rings (SSSR count). The van der Waals surface area contributed by atoms with Crippen LogP contribution in [0.3, 0.4) is 0 Å².